The molecule has 1 aromatic carbocycles. The summed E-state index contributed by atoms with van der Waals surface area (Å²) in [4.78, 5) is 18.0. The number of hydrogen-bond acceptors (Lipinski definition) is 9. The van der Waals surface area contributed by atoms with E-state index in [1.54, 1.807) is 42.7 Å². The monoisotopic (exact) mass is 490 g/mol. The fourth-order valence-electron chi connectivity index (χ4n) is 2.77. The molecule has 1 aliphatic carbocycles. The number of ether oxygens (including phenoxy) is 1. The topological polar surface area (TPSA) is 154 Å². The number of benzene rings is 1. The van der Waals surface area contributed by atoms with Crippen LogP contribution in [0.5, 0.6) is 5.75 Å². The van der Waals surface area contributed by atoms with Crippen LogP contribution in [0.4, 0.5) is 5.00 Å². The predicted octanol–water partition coefficient (Wildman–Crippen LogP) is -1.13. The number of carbonyl (C=O) groups is 1. The Morgan fingerprint density at radius 1 is 1.21 bits per heavy atom. The van der Waals surface area contributed by atoms with E-state index in [1.807, 2.05) is 0 Å². The van der Waals surface area contributed by atoms with Crippen molar-refractivity contribution < 1.29 is 60.6 Å². The molecule has 1 heterocycles. The van der Waals surface area contributed by atoms with Crippen LogP contribution in [-0.4, -0.2) is 18.8 Å². The van der Waals surface area contributed by atoms with Crippen molar-refractivity contribution in [2.24, 2.45) is 4.99 Å². The van der Waals surface area contributed by atoms with E-state index in [0.717, 1.165) is 31.2 Å². The third-order valence-corrected chi connectivity index (χ3v) is 5.07. The van der Waals surface area contributed by atoms with Crippen molar-refractivity contribution in [1.82, 2.24) is 0 Å². The average Bonchev–Trinajstić information content (AvgIpc) is 2.98. The van der Waals surface area contributed by atoms with E-state index in [-0.39, 0.29) is 28.8 Å². The molecule has 3 rings (SSSR count). The van der Waals surface area contributed by atoms with Crippen LogP contribution in [0.1, 0.15) is 46.1 Å². The maximum absolute atomic E-state index is 12.3. The van der Waals surface area contributed by atoms with Gasteiger partial charge in [0.2, 0.25) is 0 Å². The number of thiophene rings is 1. The van der Waals surface area contributed by atoms with Gasteiger partial charge in [-0.3, -0.25) is 0 Å². The standard InChI is InChI=1S/C18H19NO3S.ClHO4.Cu/c1-2-22-18(21)16-13-8-4-6-10-15(13)23-17(16)19-11-12-7-3-5-9-14(12)20;2-1(3,4)5;/h3,5,7,9,11,20H,2,4,6,8,10H2,1H3;(H,2,3,4,5);/q;;+2/p-2/b19-11+;;. The molecule has 0 bridgehead atoms. The molecule has 2 aromatic rings. The molecule has 0 spiro atoms. The Kier molecular flexibility index (Phi) is 10.2. The van der Waals surface area contributed by atoms with Gasteiger partial charge in [0.1, 0.15) is 5.00 Å². The van der Waals surface area contributed by atoms with Crippen LogP contribution in [0, 0.1) is 10.2 Å². The molecule has 0 unspecified atom stereocenters. The van der Waals surface area contributed by atoms with Crippen molar-refractivity contribution in [3.63, 3.8) is 0 Å². The summed E-state index contributed by atoms with van der Waals surface area (Å²) in [6.07, 6.45) is 5.65. The molecule has 0 atom stereocenters. The molecular weight excluding hydrogens is 473 g/mol. The molecular formula is C18H18ClCuNO7S. The third kappa shape index (κ3) is 8.04. The van der Waals surface area contributed by atoms with Crippen molar-refractivity contribution in [2.75, 3.05) is 6.61 Å². The van der Waals surface area contributed by atoms with Crippen molar-refractivity contribution in [3.8, 4) is 5.75 Å². The minimum absolute atomic E-state index is 0. The number of nitrogens with zero attached hydrogens (tertiary/aromatic N) is 1. The molecule has 8 nitrogen and oxygen atoms in total. The van der Waals surface area contributed by atoms with E-state index in [1.165, 1.54) is 10.9 Å². The molecule has 0 N–H and O–H groups in total. The molecule has 11 heteroatoms. The van der Waals surface area contributed by atoms with Crippen LogP contribution in [0.3, 0.4) is 0 Å². The molecule has 1 radical (unpaired) electrons. The van der Waals surface area contributed by atoms with Crippen LogP contribution in [0.25, 0.3) is 0 Å². The van der Waals surface area contributed by atoms with Crippen molar-refractivity contribution in [1.29, 1.82) is 0 Å². The number of hydrogen-bond donors (Lipinski definition) is 0. The number of rotatable bonds is 4. The summed E-state index contributed by atoms with van der Waals surface area (Å²) in [7, 11) is -4.94. The van der Waals surface area contributed by atoms with E-state index in [0.29, 0.717) is 22.7 Å². The SMILES string of the molecule is CCOC(=O)c1c(/N=C/c2ccccc2[O-])sc2c1CCCC2.[Cu+2].[O-][Cl+3]([O-])([O-])[O-]. The van der Waals surface area contributed by atoms with Gasteiger partial charge in [0.25, 0.3) is 0 Å². The summed E-state index contributed by atoms with van der Waals surface area (Å²) in [5.74, 6) is -0.385. The first-order chi connectivity index (χ1) is 13.2. The van der Waals surface area contributed by atoms with Crippen LogP contribution in [0.2, 0.25) is 0 Å². The van der Waals surface area contributed by atoms with Crippen LogP contribution < -0.4 is 23.7 Å². The number of esters is 1. The first kappa shape index (κ1) is 25.5. The molecule has 161 valence electrons. The molecule has 0 saturated heterocycles. The van der Waals surface area contributed by atoms with E-state index in [9.17, 15) is 9.90 Å². The molecule has 29 heavy (non-hydrogen) atoms. The summed E-state index contributed by atoms with van der Waals surface area (Å²) < 4.78 is 39.2. The van der Waals surface area contributed by atoms with E-state index in [4.69, 9.17) is 23.4 Å². The number of carbonyl (C=O) groups excluding carboxylic acids is 1. The number of aliphatic imine (C=N–C) groups is 1. The average molecular weight is 491 g/mol. The molecule has 0 fully saturated rings. The minimum atomic E-state index is -4.94. The van der Waals surface area contributed by atoms with Gasteiger partial charge in [-0.1, -0.05) is 24.3 Å². The number of para-hydroxylation sites is 1. The molecule has 0 amide bonds. The van der Waals surface area contributed by atoms with Gasteiger partial charge in [0.15, 0.2) is 0 Å². The second kappa shape index (κ2) is 11.6. The van der Waals surface area contributed by atoms with Gasteiger partial charge >= 0.3 is 23.0 Å². The quantitative estimate of drug-likeness (QED) is 0.298. The fourth-order valence-corrected chi connectivity index (χ4v) is 3.99. The molecule has 0 saturated carbocycles. The summed E-state index contributed by atoms with van der Waals surface area (Å²) in [6, 6.07) is 6.73. The van der Waals surface area contributed by atoms with Gasteiger partial charge < -0.3 is 9.84 Å². The zero-order chi connectivity index (χ0) is 20.7. The van der Waals surface area contributed by atoms with Crippen LogP contribution in [-0.2, 0) is 34.6 Å². The first-order valence-corrected chi connectivity index (χ1v) is 10.5. The first-order valence-electron chi connectivity index (χ1n) is 8.44. The fraction of sp³-hybridized carbons (Fsp3) is 0.333. The summed E-state index contributed by atoms with van der Waals surface area (Å²) >= 11 is 1.54. The Labute approximate surface area is 184 Å². The maximum atomic E-state index is 12.3. The molecule has 0 aliphatic heterocycles. The normalized spacial score (nSPS) is 13.1. The van der Waals surface area contributed by atoms with Gasteiger partial charge in [0, 0.05) is 11.1 Å². The predicted molar refractivity (Wildman–Crippen MR) is 90.1 cm³/mol. The Morgan fingerprint density at radius 2 is 1.83 bits per heavy atom. The molecule has 1 aromatic heterocycles. The van der Waals surface area contributed by atoms with Gasteiger partial charge in [0.05, 0.1) is 12.2 Å². The number of aryl methyl sites for hydroxylation is 1. The van der Waals surface area contributed by atoms with Gasteiger partial charge in [-0.25, -0.2) is 28.4 Å². The van der Waals surface area contributed by atoms with Crippen molar-refractivity contribution in [3.05, 3.63) is 45.8 Å². The second-order valence-corrected chi connectivity index (χ2v) is 7.63. The van der Waals surface area contributed by atoms with Crippen LogP contribution >= 0.6 is 11.3 Å². The minimum Gasteiger partial charge on any atom is -0.872 e. The summed E-state index contributed by atoms with van der Waals surface area (Å²) in [5.41, 5.74) is 2.20. The van der Waals surface area contributed by atoms with E-state index in [2.05, 4.69) is 4.99 Å². The summed E-state index contributed by atoms with van der Waals surface area (Å²) in [6.45, 7) is 2.14. The smallest absolute Gasteiger partial charge is 0.872 e. The third-order valence-electron chi connectivity index (χ3n) is 3.87. The Bertz CT molecular complexity index is 845. The Morgan fingerprint density at radius 3 is 2.45 bits per heavy atom. The Hall–Kier alpha value is -1.49. The zero-order valence-corrected chi connectivity index (χ0v) is 17.8. The maximum Gasteiger partial charge on any atom is 2.00 e. The zero-order valence-electron chi connectivity index (χ0n) is 15.3. The van der Waals surface area contributed by atoms with Crippen molar-refractivity contribution >= 4 is 28.5 Å². The van der Waals surface area contributed by atoms with E-state index < -0.39 is 10.2 Å². The second-order valence-electron chi connectivity index (χ2n) is 5.79. The van der Waals surface area contributed by atoms with Crippen LogP contribution in [0.15, 0.2) is 29.3 Å². The van der Waals surface area contributed by atoms with Gasteiger partial charge in [-0.15, -0.1) is 27.3 Å². The van der Waals surface area contributed by atoms with Gasteiger partial charge in [-0.2, -0.15) is 0 Å². The molecule has 1 aliphatic rings. The number of halogens is 1. The van der Waals surface area contributed by atoms with Crippen molar-refractivity contribution in [2.45, 2.75) is 32.6 Å². The van der Waals surface area contributed by atoms with E-state index >= 15 is 0 Å². The Balaban J connectivity index is 0.000000628. The summed E-state index contributed by atoms with van der Waals surface area (Å²) in [5, 5.41) is 12.4. The largest absolute Gasteiger partial charge is 2.00 e. The van der Waals surface area contributed by atoms with Gasteiger partial charge in [-0.05, 0) is 43.7 Å². The number of fused-ring (bicyclic) bond motifs is 1.